The highest BCUT2D eigenvalue weighted by Crippen LogP contribution is 2.39. The van der Waals surface area contributed by atoms with E-state index in [1.807, 2.05) is 13.0 Å². The molecule has 1 aromatic heterocycles. The van der Waals surface area contributed by atoms with E-state index in [1.165, 1.54) is 12.1 Å². The van der Waals surface area contributed by atoms with Crippen LogP contribution >= 0.6 is 0 Å². The zero-order valence-corrected chi connectivity index (χ0v) is 16.8. The summed E-state index contributed by atoms with van der Waals surface area (Å²) in [5.74, 6) is -0.535. The molecule has 156 valence electrons. The van der Waals surface area contributed by atoms with E-state index in [0.29, 0.717) is 34.4 Å². The van der Waals surface area contributed by atoms with E-state index in [0.717, 1.165) is 11.3 Å². The Labute approximate surface area is 172 Å². The number of fused-ring (bicyclic) bond motifs is 2. The molecule has 0 spiro atoms. The van der Waals surface area contributed by atoms with E-state index in [9.17, 15) is 14.0 Å². The van der Waals surface area contributed by atoms with E-state index < -0.39 is 6.10 Å². The molecule has 2 unspecified atom stereocenters. The van der Waals surface area contributed by atoms with Crippen molar-refractivity contribution in [2.45, 2.75) is 19.1 Å². The number of carbonyl (C=O) groups is 2. The number of ether oxygens (including phenoxy) is 1. The lowest BCUT2D eigenvalue weighted by atomic mass is 10.0. The molecule has 0 aliphatic carbocycles. The molecule has 7 nitrogen and oxygen atoms in total. The van der Waals surface area contributed by atoms with Crippen molar-refractivity contribution in [1.82, 2.24) is 10.6 Å². The van der Waals surface area contributed by atoms with Crippen LogP contribution in [0.4, 0.5) is 10.1 Å². The lowest BCUT2D eigenvalue weighted by molar-refractivity contribution is -0.134. The zero-order chi connectivity index (χ0) is 21.4. The Hall–Kier alpha value is -3.39. The van der Waals surface area contributed by atoms with Gasteiger partial charge in [-0.05, 0) is 37.3 Å². The molecule has 0 saturated heterocycles. The SMILES string of the molecule is CNC(=O)c1c(-c2ccc(F)cc2)oc2cc3c(cc12)C(C)OC(C(=O)NC)CN3. The number of benzene rings is 2. The van der Waals surface area contributed by atoms with Crippen LogP contribution in [0.25, 0.3) is 22.3 Å². The number of hydrogen-bond acceptors (Lipinski definition) is 5. The van der Waals surface area contributed by atoms with Crippen LogP contribution in [-0.2, 0) is 9.53 Å². The van der Waals surface area contributed by atoms with Crippen LogP contribution in [0.5, 0.6) is 0 Å². The Balaban J connectivity index is 1.86. The van der Waals surface area contributed by atoms with Gasteiger partial charge in [0.05, 0.1) is 18.2 Å². The van der Waals surface area contributed by atoms with E-state index >= 15 is 0 Å². The zero-order valence-electron chi connectivity index (χ0n) is 16.8. The molecule has 2 heterocycles. The van der Waals surface area contributed by atoms with Crippen molar-refractivity contribution in [3.8, 4) is 11.3 Å². The van der Waals surface area contributed by atoms with E-state index in [2.05, 4.69) is 16.0 Å². The number of halogens is 1. The van der Waals surface area contributed by atoms with Gasteiger partial charge in [0.2, 0.25) is 0 Å². The fourth-order valence-electron chi connectivity index (χ4n) is 3.69. The van der Waals surface area contributed by atoms with Crippen LogP contribution in [0.3, 0.4) is 0 Å². The molecule has 30 heavy (non-hydrogen) atoms. The smallest absolute Gasteiger partial charge is 0.255 e. The number of amides is 2. The van der Waals surface area contributed by atoms with Crippen LogP contribution in [0.2, 0.25) is 0 Å². The molecule has 2 atom stereocenters. The van der Waals surface area contributed by atoms with Crippen molar-refractivity contribution in [2.75, 3.05) is 26.0 Å². The summed E-state index contributed by atoms with van der Waals surface area (Å²) in [5, 5.41) is 9.09. The predicted molar refractivity (Wildman–Crippen MR) is 111 cm³/mol. The van der Waals surface area contributed by atoms with E-state index in [1.54, 1.807) is 32.3 Å². The van der Waals surface area contributed by atoms with E-state index in [4.69, 9.17) is 9.15 Å². The summed E-state index contributed by atoms with van der Waals surface area (Å²) >= 11 is 0. The lowest BCUT2D eigenvalue weighted by Crippen LogP contribution is -2.38. The molecule has 0 radical (unpaired) electrons. The van der Waals surface area contributed by atoms with Crippen molar-refractivity contribution < 1.29 is 23.1 Å². The first-order chi connectivity index (χ1) is 14.4. The average Bonchev–Trinajstić information content (AvgIpc) is 3.04. The number of likely N-dealkylation sites (N-methyl/N-ethyl adjacent to an activating group) is 1. The molecule has 8 heteroatoms. The van der Waals surface area contributed by atoms with Gasteiger partial charge in [-0.15, -0.1) is 0 Å². The minimum atomic E-state index is -0.642. The minimum absolute atomic E-state index is 0.213. The molecule has 4 rings (SSSR count). The molecule has 2 amide bonds. The fourth-order valence-corrected chi connectivity index (χ4v) is 3.69. The summed E-state index contributed by atoms with van der Waals surface area (Å²) < 4.78 is 25.3. The standard InChI is InChI=1S/C22H22FN3O4/c1-11-14-8-15-17(9-16(14)26-10-18(29-11)21(27)24-2)30-20(19(15)22(28)25-3)12-4-6-13(23)7-5-12/h4-9,11,18,26H,10H2,1-3H3,(H,24,27)(H,25,28). The molecule has 1 aliphatic heterocycles. The van der Waals surface area contributed by atoms with Crippen LogP contribution < -0.4 is 16.0 Å². The molecule has 3 N–H and O–H groups in total. The highest BCUT2D eigenvalue weighted by Gasteiger charge is 2.29. The van der Waals surface area contributed by atoms with Crippen molar-refractivity contribution >= 4 is 28.5 Å². The topological polar surface area (TPSA) is 92.6 Å². The van der Waals surface area contributed by atoms with Gasteiger partial charge in [0.1, 0.15) is 17.2 Å². The predicted octanol–water partition coefficient (Wildman–Crippen LogP) is 3.22. The second kappa shape index (κ2) is 7.79. The van der Waals surface area contributed by atoms with Gasteiger partial charge in [-0.25, -0.2) is 4.39 Å². The number of hydrogen-bond donors (Lipinski definition) is 3. The largest absolute Gasteiger partial charge is 0.455 e. The molecule has 0 bridgehead atoms. The van der Waals surface area contributed by atoms with Crippen LogP contribution in [0.1, 0.15) is 28.9 Å². The Morgan fingerprint density at radius 3 is 2.53 bits per heavy atom. The minimum Gasteiger partial charge on any atom is -0.455 e. The summed E-state index contributed by atoms with van der Waals surface area (Å²) in [6.07, 6.45) is -1.03. The first-order valence-electron chi connectivity index (χ1n) is 9.62. The Morgan fingerprint density at radius 2 is 1.87 bits per heavy atom. The van der Waals surface area contributed by atoms with E-state index in [-0.39, 0.29) is 23.7 Å². The van der Waals surface area contributed by atoms with Gasteiger partial charge in [-0.3, -0.25) is 9.59 Å². The fraction of sp³-hybridized carbons (Fsp3) is 0.273. The second-order valence-electron chi connectivity index (χ2n) is 7.09. The van der Waals surface area contributed by atoms with Crippen molar-refractivity contribution in [2.24, 2.45) is 0 Å². The third kappa shape index (κ3) is 3.39. The summed E-state index contributed by atoms with van der Waals surface area (Å²) in [5.41, 5.74) is 3.04. The lowest BCUT2D eigenvalue weighted by Gasteiger charge is -2.17. The summed E-state index contributed by atoms with van der Waals surface area (Å²) in [6.45, 7) is 2.16. The van der Waals surface area contributed by atoms with Crippen LogP contribution in [0.15, 0.2) is 40.8 Å². The second-order valence-corrected chi connectivity index (χ2v) is 7.09. The van der Waals surface area contributed by atoms with Crippen molar-refractivity contribution in [3.63, 3.8) is 0 Å². The Morgan fingerprint density at radius 1 is 1.13 bits per heavy atom. The third-order valence-corrected chi connectivity index (χ3v) is 5.24. The first kappa shape index (κ1) is 19.9. The highest BCUT2D eigenvalue weighted by molar-refractivity contribution is 6.11. The van der Waals surface area contributed by atoms with Crippen LogP contribution in [0, 0.1) is 5.82 Å². The normalized spacial score (nSPS) is 18.3. The number of nitrogens with one attached hydrogen (secondary N) is 3. The van der Waals surface area contributed by atoms with Gasteiger partial charge in [0.25, 0.3) is 11.8 Å². The maximum absolute atomic E-state index is 13.4. The monoisotopic (exact) mass is 411 g/mol. The average molecular weight is 411 g/mol. The molecular weight excluding hydrogens is 389 g/mol. The van der Waals surface area contributed by atoms with Crippen molar-refractivity contribution in [1.29, 1.82) is 0 Å². The number of anilines is 1. The molecule has 3 aromatic rings. The first-order valence-corrected chi connectivity index (χ1v) is 9.62. The molecule has 2 aromatic carbocycles. The number of carbonyl (C=O) groups excluding carboxylic acids is 2. The van der Waals surface area contributed by atoms with Gasteiger partial charge in [0, 0.05) is 42.4 Å². The van der Waals surface area contributed by atoms with Gasteiger partial charge in [-0.2, -0.15) is 0 Å². The summed E-state index contributed by atoms with van der Waals surface area (Å²) in [6, 6.07) is 9.43. The van der Waals surface area contributed by atoms with Gasteiger partial charge >= 0.3 is 0 Å². The Kier molecular flexibility index (Phi) is 5.17. The molecule has 0 saturated carbocycles. The maximum Gasteiger partial charge on any atom is 0.255 e. The molecule has 1 aliphatic rings. The van der Waals surface area contributed by atoms with Crippen LogP contribution in [-0.4, -0.2) is 38.6 Å². The molecular formula is C22H22FN3O4. The highest BCUT2D eigenvalue weighted by atomic mass is 19.1. The van der Waals surface area contributed by atoms with Gasteiger partial charge in [0.15, 0.2) is 6.10 Å². The summed E-state index contributed by atoms with van der Waals surface area (Å²) in [4.78, 5) is 24.7. The number of furan rings is 1. The third-order valence-electron chi connectivity index (χ3n) is 5.24. The van der Waals surface area contributed by atoms with Gasteiger partial charge in [-0.1, -0.05) is 0 Å². The quantitative estimate of drug-likeness (QED) is 0.616. The van der Waals surface area contributed by atoms with Crippen molar-refractivity contribution in [3.05, 3.63) is 53.3 Å². The Bertz CT molecular complexity index is 1120. The molecule has 0 fully saturated rings. The number of rotatable bonds is 3. The maximum atomic E-state index is 13.4. The van der Waals surface area contributed by atoms with Gasteiger partial charge < -0.3 is 25.1 Å². The summed E-state index contributed by atoms with van der Waals surface area (Å²) in [7, 11) is 3.11.